The fraction of sp³-hybridized carbons (Fsp3) is 0.400. The van der Waals surface area contributed by atoms with E-state index in [1.54, 1.807) is 0 Å². The number of benzene rings is 1. The fourth-order valence-electron chi connectivity index (χ4n) is 1.11. The van der Waals surface area contributed by atoms with E-state index in [4.69, 9.17) is 0 Å². The lowest BCUT2D eigenvalue weighted by Gasteiger charge is -2.20. The topological polar surface area (TPSA) is 35.5 Å². The Morgan fingerprint density at radius 2 is 1.25 bits per heavy atom. The van der Waals surface area contributed by atoms with Gasteiger partial charge in [0.25, 0.3) is 0 Å². The highest BCUT2D eigenvalue weighted by atomic mass is 31.2. The summed E-state index contributed by atoms with van der Waals surface area (Å²) in [6, 6.07) is 6.15. The molecule has 0 aromatic heterocycles. The molecule has 0 aliphatic heterocycles. The largest absolute Gasteiger partial charge is 0.412 e. The lowest BCUT2D eigenvalue weighted by molar-refractivity contribution is -0.164. The summed E-state index contributed by atoms with van der Waals surface area (Å²) in [4.78, 5) is 0. The molecule has 1 rings (SSSR count). The van der Waals surface area contributed by atoms with Crippen molar-refractivity contribution in [1.29, 1.82) is 0 Å². The van der Waals surface area contributed by atoms with Crippen molar-refractivity contribution in [3.8, 4) is 0 Å². The van der Waals surface area contributed by atoms with Gasteiger partial charge in [-0.3, -0.25) is 13.6 Å². The lowest BCUT2D eigenvalue weighted by atomic mass is 10.4. The van der Waals surface area contributed by atoms with Crippen LogP contribution in [0.4, 0.5) is 26.3 Å². The van der Waals surface area contributed by atoms with Gasteiger partial charge in [-0.1, -0.05) is 18.2 Å². The highest BCUT2D eigenvalue weighted by molar-refractivity contribution is 7.62. The molecule has 0 bridgehead atoms. The second-order valence-corrected chi connectivity index (χ2v) is 5.64. The van der Waals surface area contributed by atoms with E-state index in [0.717, 1.165) is 12.1 Å². The smallest absolute Gasteiger partial charge is 0.296 e. The lowest BCUT2D eigenvalue weighted by Crippen LogP contribution is -2.23. The van der Waals surface area contributed by atoms with E-state index < -0.39 is 33.2 Å². The van der Waals surface area contributed by atoms with E-state index in [-0.39, 0.29) is 5.30 Å². The second kappa shape index (κ2) is 6.15. The monoisotopic (exact) mass is 322 g/mol. The summed E-state index contributed by atoms with van der Waals surface area (Å²) in [6.07, 6.45) is -9.68. The van der Waals surface area contributed by atoms with E-state index in [1.807, 2.05) is 0 Å². The third-order valence-electron chi connectivity index (χ3n) is 1.87. The normalized spacial score (nSPS) is 13.5. The van der Waals surface area contributed by atoms with Crippen LogP contribution in [0.3, 0.4) is 0 Å². The molecule has 20 heavy (non-hydrogen) atoms. The molecule has 1 aromatic carbocycles. The summed E-state index contributed by atoms with van der Waals surface area (Å²) in [6.45, 7) is -3.95. The molecular formula is C10H9F6O3P. The molecule has 0 saturated heterocycles. The summed E-state index contributed by atoms with van der Waals surface area (Å²) < 4.78 is 92.5. The first-order chi connectivity index (χ1) is 9.02. The van der Waals surface area contributed by atoms with Gasteiger partial charge in [-0.15, -0.1) is 0 Å². The van der Waals surface area contributed by atoms with Crippen LogP contribution in [0, 0.1) is 0 Å². The minimum absolute atomic E-state index is 0.381. The molecule has 0 amide bonds. The van der Waals surface area contributed by atoms with Crippen molar-refractivity contribution in [2.45, 2.75) is 12.4 Å². The summed E-state index contributed by atoms with van der Waals surface area (Å²) in [5.74, 6) is 0. The second-order valence-electron chi connectivity index (χ2n) is 3.61. The van der Waals surface area contributed by atoms with Crippen molar-refractivity contribution in [1.82, 2.24) is 0 Å². The van der Waals surface area contributed by atoms with Crippen molar-refractivity contribution in [2.75, 3.05) is 13.2 Å². The van der Waals surface area contributed by atoms with Crippen LogP contribution >= 0.6 is 7.60 Å². The Bertz CT molecular complexity index is 448. The molecule has 0 heterocycles. The number of rotatable bonds is 5. The van der Waals surface area contributed by atoms with Crippen LogP contribution in [0.2, 0.25) is 0 Å². The quantitative estimate of drug-likeness (QED) is 0.613. The fourth-order valence-corrected chi connectivity index (χ4v) is 2.66. The molecule has 0 spiro atoms. The number of hydrogen-bond acceptors (Lipinski definition) is 3. The van der Waals surface area contributed by atoms with E-state index in [9.17, 15) is 30.9 Å². The molecule has 10 heteroatoms. The molecule has 0 atom stereocenters. The number of alkyl halides is 6. The van der Waals surface area contributed by atoms with E-state index >= 15 is 0 Å². The van der Waals surface area contributed by atoms with Crippen molar-refractivity contribution in [3.63, 3.8) is 0 Å². The Kier molecular flexibility index (Phi) is 5.23. The maximum Gasteiger partial charge on any atom is 0.412 e. The highest BCUT2D eigenvalue weighted by Crippen LogP contribution is 2.49. The molecule has 0 radical (unpaired) electrons. The van der Waals surface area contributed by atoms with E-state index in [0.29, 0.717) is 0 Å². The molecule has 114 valence electrons. The Labute approximate surface area is 110 Å². The van der Waals surface area contributed by atoms with Gasteiger partial charge in [0.1, 0.15) is 0 Å². The van der Waals surface area contributed by atoms with Crippen LogP contribution in [0.15, 0.2) is 30.3 Å². The Hall–Kier alpha value is -1.05. The maximum absolute atomic E-state index is 12.1. The van der Waals surface area contributed by atoms with Gasteiger partial charge >= 0.3 is 19.9 Å². The standard InChI is InChI=1S/C10H9F6O3P/c11-9(12,13)6-18-20(17,19-7-10(14,15)16)8-4-2-1-3-5-8/h1-5H,6-7H2. The van der Waals surface area contributed by atoms with Crippen molar-refractivity contribution < 1.29 is 40.0 Å². The van der Waals surface area contributed by atoms with E-state index in [1.165, 1.54) is 18.2 Å². The predicted molar refractivity (Wildman–Crippen MR) is 57.7 cm³/mol. The summed E-state index contributed by atoms with van der Waals surface area (Å²) in [5.41, 5.74) is 0. The van der Waals surface area contributed by atoms with Crippen LogP contribution < -0.4 is 5.30 Å². The SMILES string of the molecule is O=P(OCC(F)(F)F)(OCC(F)(F)F)c1ccccc1. The minimum atomic E-state index is -4.84. The molecular weight excluding hydrogens is 313 g/mol. The molecule has 0 saturated carbocycles. The zero-order valence-electron chi connectivity index (χ0n) is 9.74. The molecule has 3 nitrogen and oxygen atoms in total. The van der Waals surface area contributed by atoms with Crippen LogP contribution in [0.25, 0.3) is 0 Å². The van der Waals surface area contributed by atoms with Crippen molar-refractivity contribution in [2.24, 2.45) is 0 Å². The van der Waals surface area contributed by atoms with Gasteiger partial charge in [0, 0.05) is 0 Å². The Morgan fingerprint density at radius 1 is 0.850 bits per heavy atom. The van der Waals surface area contributed by atoms with Crippen LogP contribution in [-0.2, 0) is 13.6 Å². The summed E-state index contributed by atoms with van der Waals surface area (Å²) in [7, 11) is -4.70. The van der Waals surface area contributed by atoms with Gasteiger partial charge in [-0.05, 0) is 12.1 Å². The third-order valence-corrected chi connectivity index (χ3v) is 3.74. The average molecular weight is 322 g/mol. The van der Waals surface area contributed by atoms with Crippen LogP contribution in [-0.4, -0.2) is 25.6 Å². The third kappa shape index (κ3) is 5.94. The van der Waals surface area contributed by atoms with Gasteiger partial charge in [0.05, 0.1) is 5.30 Å². The molecule has 0 aliphatic rings. The first kappa shape index (κ1) is 17.0. The number of halogens is 6. The summed E-state index contributed by atoms with van der Waals surface area (Å²) in [5, 5.41) is -0.381. The average Bonchev–Trinajstić information content (AvgIpc) is 2.33. The number of hydrogen-bond donors (Lipinski definition) is 0. The van der Waals surface area contributed by atoms with Crippen molar-refractivity contribution in [3.05, 3.63) is 30.3 Å². The molecule has 0 unspecified atom stereocenters. The first-order valence-electron chi connectivity index (χ1n) is 5.10. The Balaban J connectivity index is 2.92. The van der Waals surface area contributed by atoms with Gasteiger partial charge in [0.2, 0.25) is 0 Å². The van der Waals surface area contributed by atoms with Crippen molar-refractivity contribution >= 4 is 12.9 Å². The first-order valence-corrected chi connectivity index (χ1v) is 6.64. The minimum Gasteiger partial charge on any atom is -0.296 e. The highest BCUT2D eigenvalue weighted by Gasteiger charge is 2.39. The van der Waals surface area contributed by atoms with Gasteiger partial charge in [-0.25, -0.2) is 0 Å². The van der Waals surface area contributed by atoms with E-state index in [2.05, 4.69) is 9.05 Å². The van der Waals surface area contributed by atoms with Gasteiger partial charge < -0.3 is 0 Å². The molecule has 1 aromatic rings. The maximum atomic E-state index is 12.1. The molecule has 0 aliphatic carbocycles. The zero-order chi connectivity index (χ0) is 15.4. The van der Waals surface area contributed by atoms with Crippen LogP contribution in [0.5, 0.6) is 0 Å². The molecule has 0 N–H and O–H groups in total. The Morgan fingerprint density at radius 3 is 1.60 bits per heavy atom. The predicted octanol–water partition coefficient (Wildman–Crippen LogP) is 3.66. The van der Waals surface area contributed by atoms with Gasteiger partial charge in [-0.2, -0.15) is 26.3 Å². The summed E-state index contributed by atoms with van der Waals surface area (Å²) >= 11 is 0. The van der Waals surface area contributed by atoms with Gasteiger partial charge in [0.15, 0.2) is 13.2 Å². The van der Waals surface area contributed by atoms with Crippen LogP contribution in [0.1, 0.15) is 0 Å². The molecule has 0 fully saturated rings. The zero-order valence-corrected chi connectivity index (χ0v) is 10.6.